The number of methoxy groups -OCH3 is 2. The normalized spacial score (nSPS) is 14.2. The standard InChI is InChI=1S/C18H28N2O6S2/c1-11(7-13(3)21)19-15(17(23)25-5)9-27-28-10-16(18(24)26-6)20-12(2)8-14(4)22/h15-16H,7-10H2,1-6H3/t15-,16?/m0/s1. The van der Waals surface area contributed by atoms with Gasteiger partial charge in [0.05, 0.1) is 14.2 Å². The largest absolute Gasteiger partial charge is 0.467 e. The van der Waals surface area contributed by atoms with E-state index in [4.69, 9.17) is 9.47 Å². The minimum Gasteiger partial charge on any atom is -0.467 e. The third-order valence-electron chi connectivity index (χ3n) is 3.24. The van der Waals surface area contributed by atoms with Crippen LogP contribution < -0.4 is 0 Å². The lowest BCUT2D eigenvalue weighted by Crippen LogP contribution is -2.25. The van der Waals surface area contributed by atoms with E-state index in [2.05, 4.69) is 9.98 Å². The second-order valence-electron chi connectivity index (χ2n) is 6.13. The van der Waals surface area contributed by atoms with Gasteiger partial charge in [0.2, 0.25) is 0 Å². The molecule has 0 spiro atoms. The van der Waals surface area contributed by atoms with Crippen molar-refractivity contribution in [3.05, 3.63) is 0 Å². The van der Waals surface area contributed by atoms with Gasteiger partial charge in [-0.15, -0.1) is 0 Å². The maximum atomic E-state index is 11.9. The fourth-order valence-electron chi connectivity index (χ4n) is 2.16. The predicted molar refractivity (Wildman–Crippen MR) is 113 cm³/mol. The van der Waals surface area contributed by atoms with Crippen LogP contribution in [0, 0.1) is 0 Å². The van der Waals surface area contributed by atoms with Gasteiger partial charge in [-0.2, -0.15) is 0 Å². The lowest BCUT2D eigenvalue weighted by molar-refractivity contribution is -0.142. The van der Waals surface area contributed by atoms with E-state index in [1.165, 1.54) is 49.7 Å². The first-order valence-corrected chi connectivity index (χ1v) is 11.0. The Labute approximate surface area is 173 Å². The highest BCUT2D eigenvalue weighted by atomic mass is 33.1. The molecule has 0 heterocycles. The van der Waals surface area contributed by atoms with Crippen LogP contribution in [0.15, 0.2) is 9.98 Å². The van der Waals surface area contributed by atoms with Crippen molar-refractivity contribution < 1.29 is 28.7 Å². The van der Waals surface area contributed by atoms with Crippen LogP contribution >= 0.6 is 21.6 Å². The Hall–Kier alpha value is -1.68. The Balaban J connectivity index is 4.87. The first kappa shape index (κ1) is 26.3. The number of hydrogen-bond donors (Lipinski definition) is 0. The Morgan fingerprint density at radius 2 is 1.04 bits per heavy atom. The molecule has 0 rings (SSSR count). The first-order chi connectivity index (χ1) is 13.1. The summed E-state index contributed by atoms with van der Waals surface area (Å²) in [5, 5.41) is 0. The predicted octanol–water partition coefficient (Wildman–Crippen LogP) is 2.33. The van der Waals surface area contributed by atoms with Crippen molar-refractivity contribution in [1.29, 1.82) is 0 Å². The molecule has 0 saturated heterocycles. The molecule has 2 atom stereocenters. The van der Waals surface area contributed by atoms with Crippen molar-refractivity contribution in [2.75, 3.05) is 25.7 Å². The minimum atomic E-state index is -0.735. The third-order valence-corrected chi connectivity index (χ3v) is 5.63. The maximum absolute atomic E-state index is 11.9. The summed E-state index contributed by atoms with van der Waals surface area (Å²) in [5.41, 5.74) is 1.12. The average Bonchev–Trinajstić information content (AvgIpc) is 2.60. The molecule has 0 N–H and O–H groups in total. The number of nitrogens with zero attached hydrogens (tertiary/aromatic N) is 2. The molecule has 0 amide bonds. The Bertz CT molecular complexity index is 580. The second-order valence-corrected chi connectivity index (χ2v) is 8.69. The van der Waals surface area contributed by atoms with E-state index < -0.39 is 24.0 Å². The topological polar surface area (TPSA) is 111 Å². The summed E-state index contributed by atoms with van der Waals surface area (Å²) in [4.78, 5) is 54.7. The summed E-state index contributed by atoms with van der Waals surface area (Å²) in [6, 6.07) is -1.47. The van der Waals surface area contributed by atoms with Crippen LogP contribution in [-0.2, 0) is 28.7 Å². The number of ketones is 2. The van der Waals surface area contributed by atoms with Gasteiger partial charge in [-0.05, 0) is 27.7 Å². The van der Waals surface area contributed by atoms with Crippen LogP contribution in [-0.4, -0.2) is 72.7 Å². The van der Waals surface area contributed by atoms with Crippen LogP contribution in [0.25, 0.3) is 0 Å². The molecule has 0 aliphatic heterocycles. The summed E-state index contributed by atoms with van der Waals surface area (Å²) in [6.07, 6.45) is 0.361. The van der Waals surface area contributed by atoms with E-state index in [1.54, 1.807) is 13.8 Å². The highest BCUT2D eigenvalue weighted by Gasteiger charge is 2.22. The van der Waals surface area contributed by atoms with Crippen LogP contribution in [0.2, 0.25) is 0 Å². The van der Waals surface area contributed by atoms with Gasteiger partial charge in [-0.1, -0.05) is 21.6 Å². The van der Waals surface area contributed by atoms with E-state index in [1.807, 2.05) is 0 Å². The molecule has 1 unspecified atom stereocenters. The average molecular weight is 433 g/mol. The summed E-state index contributed by atoms with van der Waals surface area (Å²) >= 11 is 0. The van der Waals surface area contributed by atoms with E-state index in [9.17, 15) is 19.2 Å². The van der Waals surface area contributed by atoms with Crippen molar-refractivity contribution in [3.63, 3.8) is 0 Å². The molecule has 28 heavy (non-hydrogen) atoms. The minimum absolute atomic E-state index is 0.0356. The fraction of sp³-hybridized carbons (Fsp3) is 0.667. The molecule has 0 aliphatic carbocycles. The second kappa shape index (κ2) is 14.3. The van der Waals surface area contributed by atoms with Crippen molar-refractivity contribution in [1.82, 2.24) is 0 Å². The molecule has 0 saturated carbocycles. The molecule has 0 bridgehead atoms. The van der Waals surface area contributed by atoms with Crippen LogP contribution in [0.3, 0.4) is 0 Å². The number of carbonyl (C=O) groups excluding carboxylic acids is 4. The highest BCUT2D eigenvalue weighted by Crippen LogP contribution is 2.25. The van der Waals surface area contributed by atoms with E-state index in [0.29, 0.717) is 22.9 Å². The number of aliphatic imine (C=N–C) groups is 2. The summed E-state index contributed by atoms with van der Waals surface area (Å²) in [6.45, 7) is 6.29. The van der Waals surface area contributed by atoms with E-state index in [0.717, 1.165) is 0 Å². The Morgan fingerprint density at radius 1 is 0.714 bits per heavy atom. The van der Waals surface area contributed by atoms with Gasteiger partial charge in [0.25, 0.3) is 0 Å². The number of esters is 2. The van der Waals surface area contributed by atoms with Gasteiger partial charge >= 0.3 is 11.9 Å². The monoisotopic (exact) mass is 432 g/mol. The number of Topliss-reactive ketones (excluding diaryl/α,β-unsaturated/α-hetero) is 2. The van der Waals surface area contributed by atoms with E-state index in [-0.39, 0.29) is 24.4 Å². The molecule has 10 heteroatoms. The van der Waals surface area contributed by atoms with Gasteiger partial charge in [-0.3, -0.25) is 19.6 Å². The molecule has 0 fully saturated rings. The molecule has 0 aromatic heterocycles. The molecular formula is C18H28N2O6S2. The van der Waals surface area contributed by atoms with E-state index >= 15 is 0 Å². The van der Waals surface area contributed by atoms with Crippen molar-refractivity contribution in [2.24, 2.45) is 9.98 Å². The molecule has 0 radical (unpaired) electrons. The van der Waals surface area contributed by atoms with Crippen LogP contribution in [0.5, 0.6) is 0 Å². The molecule has 0 aliphatic rings. The number of ether oxygens (including phenoxy) is 2. The maximum Gasteiger partial charge on any atom is 0.331 e. The van der Waals surface area contributed by atoms with Gasteiger partial charge in [-0.25, -0.2) is 9.59 Å². The number of hydrogen-bond acceptors (Lipinski definition) is 10. The van der Waals surface area contributed by atoms with Gasteiger partial charge in [0.1, 0.15) is 11.6 Å². The summed E-state index contributed by atoms with van der Waals surface area (Å²) < 4.78 is 9.52. The quantitative estimate of drug-likeness (QED) is 0.189. The van der Waals surface area contributed by atoms with Crippen molar-refractivity contribution >= 4 is 56.5 Å². The third kappa shape index (κ3) is 11.9. The fourth-order valence-corrected chi connectivity index (χ4v) is 4.38. The highest BCUT2D eigenvalue weighted by molar-refractivity contribution is 8.76. The Morgan fingerprint density at radius 3 is 1.29 bits per heavy atom. The SMILES string of the molecule is COC(=O)C(CSSC[C@H](N=C(C)CC(C)=O)C(=O)OC)N=C(C)CC(C)=O. The lowest BCUT2D eigenvalue weighted by Gasteiger charge is -2.13. The van der Waals surface area contributed by atoms with Gasteiger partial charge in [0, 0.05) is 35.8 Å². The molecular weight excluding hydrogens is 404 g/mol. The van der Waals surface area contributed by atoms with Crippen molar-refractivity contribution in [2.45, 2.75) is 52.6 Å². The summed E-state index contributed by atoms with van der Waals surface area (Å²) in [5.74, 6) is -0.419. The zero-order valence-electron chi connectivity index (χ0n) is 17.1. The van der Waals surface area contributed by atoms with Gasteiger partial charge in [0.15, 0.2) is 12.1 Å². The smallest absolute Gasteiger partial charge is 0.331 e. The lowest BCUT2D eigenvalue weighted by atomic mass is 10.2. The van der Waals surface area contributed by atoms with Crippen LogP contribution in [0.4, 0.5) is 0 Å². The van der Waals surface area contributed by atoms with Crippen LogP contribution in [0.1, 0.15) is 40.5 Å². The number of carbonyl (C=O) groups is 4. The molecule has 0 aromatic rings. The van der Waals surface area contributed by atoms with Crippen molar-refractivity contribution in [3.8, 4) is 0 Å². The molecule has 158 valence electrons. The number of rotatable bonds is 13. The zero-order chi connectivity index (χ0) is 21.7. The molecule has 0 aromatic carbocycles. The summed E-state index contributed by atoms with van der Waals surface area (Å²) in [7, 11) is 5.25. The zero-order valence-corrected chi connectivity index (χ0v) is 18.8. The first-order valence-electron chi connectivity index (χ1n) is 8.56. The molecule has 8 nitrogen and oxygen atoms in total. The Kier molecular flexibility index (Phi) is 13.5. The van der Waals surface area contributed by atoms with Gasteiger partial charge < -0.3 is 9.47 Å².